The van der Waals surface area contributed by atoms with E-state index in [4.69, 9.17) is 0 Å². The zero-order chi connectivity index (χ0) is 12.7. The highest BCUT2D eigenvalue weighted by Crippen LogP contribution is 2.18. The molecule has 0 bridgehead atoms. The number of aryl methyl sites for hydroxylation is 1. The molecule has 0 aliphatic rings. The number of hydrogen-bond donors (Lipinski definition) is 1. The van der Waals surface area contributed by atoms with E-state index in [0.29, 0.717) is 17.9 Å². The first-order valence-electron chi connectivity index (χ1n) is 6.13. The molecule has 0 fully saturated rings. The topological polar surface area (TPSA) is 41.0 Å². The Morgan fingerprint density at radius 3 is 2.65 bits per heavy atom. The normalized spacial score (nSPS) is 10.6. The molecule has 0 aromatic carbocycles. The highest BCUT2D eigenvalue weighted by molar-refractivity contribution is 5.40. The van der Waals surface area contributed by atoms with E-state index in [2.05, 4.69) is 22.2 Å². The van der Waals surface area contributed by atoms with Crippen LogP contribution in [0.25, 0.3) is 0 Å². The lowest BCUT2D eigenvalue weighted by Crippen LogP contribution is -2.33. The van der Waals surface area contributed by atoms with Crippen molar-refractivity contribution in [1.29, 1.82) is 0 Å². The number of anilines is 1. The molecule has 0 unspecified atom stereocenters. The number of nitrogens with zero attached hydrogens (tertiary/aromatic N) is 3. The van der Waals surface area contributed by atoms with Crippen molar-refractivity contribution in [2.24, 2.45) is 0 Å². The molecule has 0 spiro atoms. The fourth-order valence-corrected chi connectivity index (χ4v) is 1.70. The highest BCUT2D eigenvalue weighted by atomic mass is 19.1. The van der Waals surface area contributed by atoms with Gasteiger partial charge < -0.3 is 10.2 Å². The highest BCUT2D eigenvalue weighted by Gasteiger charge is 2.15. The molecule has 0 aliphatic carbocycles. The first-order chi connectivity index (χ1) is 8.24. The summed E-state index contributed by atoms with van der Waals surface area (Å²) in [4.78, 5) is 9.99. The van der Waals surface area contributed by atoms with Crippen LogP contribution in [0.2, 0.25) is 0 Å². The second-order valence-corrected chi connectivity index (χ2v) is 3.90. The first kappa shape index (κ1) is 13.8. The SMILES string of the molecule is CCCN(CCNC)c1ncnc(CC)c1F. The van der Waals surface area contributed by atoms with Crippen molar-refractivity contribution in [3.8, 4) is 0 Å². The monoisotopic (exact) mass is 240 g/mol. The van der Waals surface area contributed by atoms with Gasteiger partial charge in [-0.15, -0.1) is 0 Å². The lowest BCUT2D eigenvalue weighted by molar-refractivity contribution is 0.578. The van der Waals surface area contributed by atoms with Crippen LogP contribution in [0.4, 0.5) is 10.2 Å². The minimum atomic E-state index is -0.278. The third-order valence-electron chi connectivity index (χ3n) is 2.60. The average Bonchev–Trinajstić information content (AvgIpc) is 2.35. The maximum atomic E-state index is 14.1. The Kier molecular flexibility index (Phi) is 5.83. The molecular weight excluding hydrogens is 219 g/mol. The largest absolute Gasteiger partial charge is 0.353 e. The number of nitrogens with one attached hydrogen (secondary N) is 1. The van der Waals surface area contributed by atoms with Crippen LogP contribution in [0.15, 0.2) is 6.33 Å². The Morgan fingerprint density at radius 1 is 1.29 bits per heavy atom. The number of aromatic nitrogens is 2. The van der Waals surface area contributed by atoms with E-state index in [-0.39, 0.29) is 5.82 Å². The molecule has 1 aromatic rings. The number of rotatable bonds is 7. The maximum Gasteiger partial charge on any atom is 0.187 e. The molecule has 0 saturated carbocycles. The van der Waals surface area contributed by atoms with Crippen LogP contribution in [-0.4, -0.2) is 36.6 Å². The number of likely N-dealkylation sites (N-methyl/N-ethyl adjacent to an activating group) is 1. The molecule has 1 N–H and O–H groups in total. The Hall–Kier alpha value is -1.23. The summed E-state index contributed by atoms with van der Waals surface area (Å²) >= 11 is 0. The predicted molar refractivity (Wildman–Crippen MR) is 67.8 cm³/mol. The first-order valence-corrected chi connectivity index (χ1v) is 6.13. The van der Waals surface area contributed by atoms with Gasteiger partial charge in [0.1, 0.15) is 6.33 Å². The van der Waals surface area contributed by atoms with Gasteiger partial charge in [0.2, 0.25) is 0 Å². The van der Waals surface area contributed by atoms with Gasteiger partial charge in [-0.05, 0) is 19.9 Å². The molecule has 0 saturated heterocycles. The smallest absolute Gasteiger partial charge is 0.187 e. The Morgan fingerprint density at radius 2 is 2.06 bits per heavy atom. The quantitative estimate of drug-likeness (QED) is 0.786. The van der Waals surface area contributed by atoms with E-state index in [1.165, 1.54) is 6.33 Å². The summed E-state index contributed by atoms with van der Waals surface area (Å²) in [5.74, 6) is 0.147. The molecule has 1 aromatic heterocycles. The molecule has 1 heterocycles. The van der Waals surface area contributed by atoms with Crippen molar-refractivity contribution in [3.63, 3.8) is 0 Å². The van der Waals surface area contributed by atoms with E-state index in [9.17, 15) is 4.39 Å². The zero-order valence-corrected chi connectivity index (χ0v) is 10.8. The van der Waals surface area contributed by atoms with Gasteiger partial charge in [0.05, 0.1) is 5.69 Å². The molecule has 96 valence electrons. The van der Waals surface area contributed by atoms with Gasteiger partial charge in [-0.3, -0.25) is 0 Å². The molecule has 5 heteroatoms. The predicted octanol–water partition coefficient (Wildman–Crippen LogP) is 1.61. The summed E-state index contributed by atoms with van der Waals surface area (Å²) in [6.07, 6.45) is 3.00. The minimum absolute atomic E-state index is 0.278. The van der Waals surface area contributed by atoms with Crippen molar-refractivity contribution >= 4 is 5.82 Å². The molecule has 17 heavy (non-hydrogen) atoms. The molecule has 0 amide bonds. The third kappa shape index (κ3) is 3.63. The zero-order valence-electron chi connectivity index (χ0n) is 10.8. The maximum absolute atomic E-state index is 14.1. The number of halogens is 1. The van der Waals surface area contributed by atoms with Crippen molar-refractivity contribution in [3.05, 3.63) is 17.8 Å². The van der Waals surface area contributed by atoms with Crippen LogP contribution in [0, 0.1) is 5.82 Å². The van der Waals surface area contributed by atoms with Gasteiger partial charge in [0.15, 0.2) is 11.6 Å². The lowest BCUT2D eigenvalue weighted by Gasteiger charge is -2.23. The van der Waals surface area contributed by atoms with Gasteiger partial charge in [0.25, 0.3) is 0 Å². The summed E-state index contributed by atoms with van der Waals surface area (Å²) in [6, 6.07) is 0. The molecule has 0 radical (unpaired) electrons. The van der Waals surface area contributed by atoms with Crippen molar-refractivity contribution in [2.75, 3.05) is 31.6 Å². The van der Waals surface area contributed by atoms with E-state index in [0.717, 1.165) is 26.1 Å². The van der Waals surface area contributed by atoms with Crippen LogP contribution >= 0.6 is 0 Å². The Labute approximate surface area is 102 Å². The van der Waals surface area contributed by atoms with Gasteiger partial charge >= 0.3 is 0 Å². The van der Waals surface area contributed by atoms with Gasteiger partial charge in [0, 0.05) is 19.6 Å². The third-order valence-corrected chi connectivity index (χ3v) is 2.60. The Balaban J connectivity index is 2.92. The van der Waals surface area contributed by atoms with E-state index >= 15 is 0 Å². The van der Waals surface area contributed by atoms with E-state index in [1.54, 1.807) is 0 Å². The average molecular weight is 240 g/mol. The van der Waals surface area contributed by atoms with E-state index < -0.39 is 0 Å². The minimum Gasteiger partial charge on any atom is -0.353 e. The summed E-state index contributed by atoms with van der Waals surface area (Å²) in [7, 11) is 1.89. The second kappa shape index (κ2) is 7.17. The van der Waals surface area contributed by atoms with Gasteiger partial charge in [-0.1, -0.05) is 13.8 Å². The van der Waals surface area contributed by atoms with Crippen LogP contribution < -0.4 is 10.2 Å². The van der Waals surface area contributed by atoms with Gasteiger partial charge in [-0.2, -0.15) is 0 Å². The standard InChI is InChI=1S/C12H21FN4/c1-4-7-17(8-6-14-3)12-11(13)10(5-2)15-9-16-12/h9,14H,4-8H2,1-3H3. The number of hydrogen-bond acceptors (Lipinski definition) is 4. The molecule has 0 aliphatic heterocycles. The lowest BCUT2D eigenvalue weighted by atomic mass is 10.3. The van der Waals surface area contributed by atoms with Crippen LogP contribution in [0.5, 0.6) is 0 Å². The van der Waals surface area contributed by atoms with E-state index in [1.807, 2.05) is 18.9 Å². The molecule has 4 nitrogen and oxygen atoms in total. The Bertz CT molecular complexity index is 343. The van der Waals surface area contributed by atoms with Gasteiger partial charge in [-0.25, -0.2) is 14.4 Å². The second-order valence-electron chi connectivity index (χ2n) is 3.90. The summed E-state index contributed by atoms with van der Waals surface area (Å²) < 4.78 is 14.1. The molecule has 0 atom stereocenters. The summed E-state index contributed by atoms with van der Waals surface area (Å²) in [5, 5.41) is 3.07. The fourth-order valence-electron chi connectivity index (χ4n) is 1.70. The van der Waals surface area contributed by atoms with Crippen molar-refractivity contribution in [2.45, 2.75) is 26.7 Å². The summed E-state index contributed by atoms with van der Waals surface area (Å²) in [6.45, 7) is 6.34. The van der Waals surface area contributed by atoms with Crippen LogP contribution in [0.1, 0.15) is 26.0 Å². The molecule has 1 rings (SSSR count). The van der Waals surface area contributed by atoms with Crippen molar-refractivity contribution < 1.29 is 4.39 Å². The molecular formula is C12H21FN4. The van der Waals surface area contributed by atoms with Crippen LogP contribution in [0.3, 0.4) is 0 Å². The summed E-state index contributed by atoms with van der Waals surface area (Å²) in [5.41, 5.74) is 0.487. The van der Waals surface area contributed by atoms with Crippen molar-refractivity contribution in [1.82, 2.24) is 15.3 Å². The fraction of sp³-hybridized carbons (Fsp3) is 0.667. The van der Waals surface area contributed by atoms with Crippen LogP contribution in [-0.2, 0) is 6.42 Å².